The average molecular weight is 342 g/mol. The van der Waals surface area contributed by atoms with Crippen LogP contribution in [0.5, 0.6) is 0 Å². The number of hydrogen-bond donors (Lipinski definition) is 2. The Kier molecular flexibility index (Phi) is 3.46. The fourth-order valence-electron chi connectivity index (χ4n) is 2.41. The number of anilines is 3. The summed E-state index contributed by atoms with van der Waals surface area (Å²) in [7, 11) is 0. The Bertz CT molecular complexity index is 762. The van der Waals surface area contributed by atoms with E-state index in [9.17, 15) is 9.18 Å². The first-order valence-corrected chi connectivity index (χ1v) is 6.89. The molecule has 2 aromatic rings. The molecule has 0 radical (unpaired) electrons. The quantitative estimate of drug-likeness (QED) is 0.780. The number of rotatable bonds is 1. The Morgan fingerprint density at radius 3 is 2.45 bits per heavy atom. The summed E-state index contributed by atoms with van der Waals surface area (Å²) in [6, 6.07) is 2.10. The maximum atomic E-state index is 14.0. The van der Waals surface area contributed by atoms with Gasteiger partial charge in [-0.2, -0.15) is 5.01 Å². The number of pyridine rings is 1. The second-order valence-electron chi connectivity index (χ2n) is 4.67. The van der Waals surface area contributed by atoms with Crippen LogP contribution in [0.2, 0.25) is 10.0 Å². The molecule has 4 N–H and O–H groups in total. The predicted molar refractivity (Wildman–Crippen MR) is 83.3 cm³/mol. The number of carbonyl (C=O) groups is 1. The Hall–Kier alpha value is -2.25. The lowest BCUT2D eigenvalue weighted by Gasteiger charge is -2.30. The van der Waals surface area contributed by atoms with Gasteiger partial charge in [0.1, 0.15) is 5.69 Å². The van der Waals surface area contributed by atoms with Crippen LogP contribution >= 0.6 is 23.2 Å². The van der Waals surface area contributed by atoms with Gasteiger partial charge in [-0.15, -0.1) is 0 Å². The van der Waals surface area contributed by atoms with E-state index in [0.717, 1.165) is 11.2 Å². The minimum atomic E-state index is -0.868. The van der Waals surface area contributed by atoms with Crippen LogP contribution in [-0.2, 0) is 6.54 Å². The zero-order chi connectivity index (χ0) is 16.0. The Morgan fingerprint density at radius 1 is 1.23 bits per heavy atom. The number of nitrogens with two attached hydrogens (primary N) is 2. The van der Waals surface area contributed by atoms with Gasteiger partial charge in [0.15, 0.2) is 5.82 Å². The van der Waals surface area contributed by atoms with Gasteiger partial charge in [-0.05, 0) is 12.1 Å². The number of carbonyl (C=O) groups excluding carboxylic acids is 1. The van der Waals surface area contributed by atoms with E-state index in [2.05, 4.69) is 4.98 Å². The maximum Gasteiger partial charge on any atom is 0.338 e. The second-order valence-corrected chi connectivity index (χ2v) is 5.48. The number of hydrogen-bond acceptors (Lipinski definition) is 4. The summed E-state index contributed by atoms with van der Waals surface area (Å²) in [6.45, 7) is 0.145. The van der Waals surface area contributed by atoms with Gasteiger partial charge < -0.3 is 11.5 Å². The molecule has 0 fully saturated rings. The van der Waals surface area contributed by atoms with E-state index in [1.165, 1.54) is 23.3 Å². The summed E-state index contributed by atoms with van der Waals surface area (Å²) in [5.41, 5.74) is 12.3. The molecule has 9 heteroatoms. The van der Waals surface area contributed by atoms with Crippen LogP contribution in [0, 0.1) is 5.82 Å². The molecular formula is C13H10Cl2FN5O. The van der Waals surface area contributed by atoms with Crippen LogP contribution in [0.1, 0.15) is 5.56 Å². The lowest BCUT2D eigenvalue weighted by Crippen LogP contribution is -2.46. The van der Waals surface area contributed by atoms with Gasteiger partial charge in [-0.3, -0.25) is 9.99 Å². The summed E-state index contributed by atoms with van der Waals surface area (Å²) in [4.78, 5) is 15.6. The van der Waals surface area contributed by atoms with E-state index in [0.29, 0.717) is 16.9 Å². The summed E-state index contributed by atoms with van der Waals surface area (Å²) >= 11 is 12.3. The van der Waals surface area contributed by atoms with Crippen molar-refractivity contribution in [2.45, 2.75) is 6.54 Å². The molecule has 2 amide bonds. The third-order valence-corrected chi connectivity index (χ3v) is 3.80. The third kappa shape index (κ3) is 2.18. The molecule has 0 saturated heterocycles. The van der Waals surface area contributed by atoms with Crippen LogP contribution in [0.4, 0.5) is 26.2 Å². The largest absolute Gasteiger partial charge is 0.399 e. The van der Waals surface area contributed by atoms with Crippen molar-refractivity contribution >= 4 is 46.3 Å². The fraction of sp³-hybridized carbons (Fsp3) is 0.0769. The Labute approximate surface area is 135 Å². The molecule has 1 aromatic heterocycles. The Balaban J connectivity index is 2.18. The highest BCUT2D eigenvalue weighted by molar-refractivity contribution is 6.39. The van der Waals surface area contributed by atoms with Crippen molar-refractivity contribution < 1.29 is 9.18 Å². The smallest absolute Gasteiger partial charge is 0.338 e. The lowest BCUT2D eigenvalue weighted by atomic mass is 10.2. The van der Waals surface area contributed by atoms with E-state index in [4.69, 9.17) is 34.7 Å². The number of halogens is 3. The number of urea groups is 1. The first kappa shape index (κ1) is 14.7. The standard InChI is InChI=1S/C13H10Cl2FN5O/c14-8-1-7(17)2-9(15)12(8)20-5-6-3-19-4-10(16)11(6)21(20)13(18)22/h1-4H,5,17H2,(H2,18,22). The van der Waals surface area contributed by atoms with Gasteiger partial charge in [0.25, 0.3) is 0 Å². The van der Waals surface area contributed by atoms with Crippen molar-refractivity contribution in [3.63, 3.8) is 0 Å². The number of fused-ring (bicyclic) bond motifs is 1. The van der Waals surface area contributed by atoms with Crippen LogP contribution in [0.15, 0.2) is 24.5 Å². The monoisotopic (exact) mass is 341 g/mol. The van der Waals surface area contributed by atoms with E-state index in [-0.39, 0.29) is 22.3 Å². The number of hydrazine groups is 1. The molecule has 114 valence electrons. The zero-order valence-corrected chi connectivity index (χ0v) is 12.6. The number of amides is 2. The minimum Gasteiger partial charge on any atom is -0.399 e. The molecule has 1 aromatic carbocycles. The molecule has 0 unspecified atom stereocenters. The Morgan fingerprint density at radius 2 is 1.86 bits per heavy atom. The highest BCUT2D eigenvalue weighted by atomic mass is 35.5. The fourth-order valence-corrected chi connectivity index (χ4v) is 3.11. The highest BCUT2D eigenvalue weighted by Crippen LogP contribution is 2.43. The van der Waals surface area contributed by atoms with E-state index in [1.807, 2.05) is 0 Å². The zero-order valence-electron chi connectivity index (χ0n) is 11.1. The first-order valence-electron chi connectivity index (χ1n) is 6.14. The average Bonchev–Trinajstić information content (AvgIpc) is 2.78. The van der Waals surface area contributed by atoms with Gasteiger partial charge in [-0.25, -0.2) is 9.18 Å². The van der Waals surface area contributed by atoms with Gasteiger partial charge in [0.05, 0.1) is 28.5 Å². The topological polar surface area (TPSA) is 88.5 Å². The molecule has 1 aliphatic rings. The molecule has 0 spiro atoms. The minimum absolute atomic E-state index is 0.0338. The SMILES string of the molecule is NC(=O)N1c2c(F)cncc2CN1c1c(Cl)cc(N)cc1Cl. The molecule has 0 saturated carbocycles. The molecule has 0 aliphatic carbocycles. The van der Waals surface area contributed by atoms with Gasteiger partial charge >= 0.3 is 6.03 Å². The number of nitrogens with zero attached hydrogens (tertiary/aromatic N) is 3. The van der Waals surface area contributed by atoms with Gasteiger partial charge in [-0.1, -0.05) is 23.2 Å². The molecule has 22 heavy (non-hydrogen) atoms. The molecule has 0 atom stereocenters. The van der Waals surface area contributed by atoms with Crippen molar-refractivity contribution in [1.29, 1.82) is 0 Å². The normalized spacial score (nSPS) is 13.4. The first-order chi connectivity index (χ1) is 10.4. The van der Waals surface area contributed by atoms with Crippen LogP contribution in [0.3, 0.4) is 0 Å². The molecule has 1 aliphatic heterocycles. The lowest BCUT2D eigenvalue weighted by molar-refractivity contribution is 0.253. The molecular weight excluding hydrogens is 332 g/mol. The summed E-state index contributed by atoms with van der Waals surface area (Å²) < 4.78 is 14.0. The van der Waals surface area contributed by atoms with Crippen molar-refractivity contribution in [2.24, 2.45) is 5.73 Å². The molecule has 2 heterocycles. The van der Waals surface area contributed by atoms with Crippen LogP contribution < -0.4 is 21.5 Å². The van der Waals surface area contributed by atoms with Crippen molar-refractivity contribution in [3.8, 4) is 0 Å². The number of aromatic nitrogens is 1. The summed E-state index contributed by atoms with van der Waals surface area (Å²) in [5, 5.41) is 2.81. The van der Waals surface area contributed by atoms with Crippen molar-refractivity contribution in [1.82, 2.24) is 4.98 Å². The predicted octanol–water partition coefficient (Wildman–Crippen LogP) is 2.93. The van der Waals surface area contributed by atoms with Gasteiger partial charge in [0, 0.05) is 17.4 Å². The van der Waals surface area contributed by atoms with Crippen molar-refractivity contribution in [2.75, 3.05) is 15.8 Å². The van der Waals surface area contributed by atoms with E-state index < -0.39 is 11.8 Å². The highest BCUT2D eigenvalue weighted by Gasteiger charge is 2.36. The second kappa shape index (κ2) is 5.19. The molecule has 6 nitrogen and oxygen atoms in total. The van der Waals surface area contributed by atoms with Crippen LogP contribution in [-0.4, -0.2) is 11.0 Å². The van der Waals surface area contributed by atoms with E-state index >= 15 is 0 Å². The third-order valence-electron chi connectivity index (χ3n) is 3.23. The van der Waals surface area contributed by atoms with Crippen LogP contribution in [0.25, 0.3) is 0 Å². The maximum absolute atomic E-state index is 14.0. The number of primary amides is 1. The molecule has 3 rings (SSSR count). The summed E-state index contributed by atoms with van der Waals surface area (Å²) in [6.07, 6.45) is 2.46. The van der Waals surface area contributed by atoms with Crippen molar-refractivity contribution in [3.05, 3.63) is 46.0 Å². The van der Waals surface area contributed by atoms with E-state index in [1.54, 1.807) is 0 Å². The number of nitrogen functional groups attached to an aromatic ring is 1. The van der Waals surface area contributed by atoms with Gasteiger partial charge in [0.2, 0.25) is 0 Å². The molecule has 0 bridgehead atoms. The summed E-state index contributed by atoms with van der Waals surface area (Å²) in [5.74, 6) is -0.665. The number of benzene rings is 1.